The maximum atomic E-state index is 9.55. The van der Waals surface area contributed by atoms with Gasteiger partial charge in [0.25, 0.3) is 0 Å². The zero-order chi connectivity index (χ0) is 17.5. The Morgan fingerprint density at radius 2 is 2.00 bits per heavy atom. The second-order valence-electron chi connectivity index (χ2n) is 7.02. The molecule has 1 aromatic rings. The van der Waals surface area contributed by atoms with Gasteiger partial charge in [0.05, 0.1) is 6.61 Å². The summed E-state index contributed by atoms with van der Waals surface area (Å²) in [7, 11) is 0. The van der Waals surface area contributed by atoms with Crippen LogP contribution >= 0.6 is 0 Å². The summed E-state index contributed by atoms with van der Waals surface area (Å²) in [6, 6.07) is 9.37. The first-order chi connectivity index (χ1) is 12.3. The molecular formula is C20H32N2O3. The molecule has 0 unspecified atom stereocenters. The molecule has 3 rings (SSSR count). The molecule has 0 radical (unpaired) electrons. The molecule has 5 nitrogen and oxygen atoms in total. The van der Waals surface area contributed by atoms with Crippen LogP contribution in [0.2, 0.25) is 0 Å². The predicted octanol–water partition coefficient (Wildman–Crippen LogP) is 2.13. The van der Waals surface area contributed by atoms with Gasteiger partial charge in [0.15, 0.2) is 0 Å². The molecule has 5 heteroatoms. The van der Waals surface area contributed by atoms with Crippen LogP contribution in [0.1, 0.15) is 31.7 Å². The van der Waals surface area contributed by atoms with Crippen molar-refractivity contribution in [3.05, 3.63) is 29.8 Å². The van der Waals surface area contributed by atoms with E-state index in [9.17, 15) is 5.11 Å². The van der Waals surface area contributed by atoms with E-state index < -0.39 is 0 Å². The molecule has 2 heterocycles. The zero-order valence-electron chi connectivity index (χ0n) is 15.4. The lowest BCUT2D eigenvalue weighted by Crippen LogP contribution is -2.56. The molecule has 0 amide bonds. The Balaban J connectivity index is 1.65. The van der Waals surface area contributed by atoms with Crippen LogP contribution in [0.4, 0.5) is 0 Å². The second-order valence-corrected chi connectivity index (χ2v) is 7.02. The highest BCUT2D eigenvalue weighted by Gasteiger charge is 2.31. The molecule has 1 aromatic carbocycles. The third kappa shape index (κ3) is 4.94. The van der Waals surface area contributed by atoms with Crippen LogP contribution < -0.4 is 4.74 Å². The van der Waals surface area contributed by atoms with Crippen LogP contribution in [-0.4, -0.2) is 73.1 Å². The van der Waals surface area contributed by atoms with Crippen LogP contribution in [0.25, 0.3) is 0 Å². The van der Waals surface area contributed by atoms with Crippen LogP contribution in [-0.2, 0) is 11.3 Å². The number of hydrogen-bond donors (Lipinski definition) is 1. The Hall–Kier alpha value is -1.14. The number of benzene rings is 1. The third-order valence-electron chi connectivity index (χ3n) is 5.45. The molecule has 0 aromatic heterocycles. The molecule has 1 N–H and O–H groups in total. The Labute approximate surface area is 151 Å². The van der Waals surface area contributed by atoms with Gasteiger partial charge in [0.2, 0.25) is 0 Å². The fourth-order valence-corrected chi connectivity index (χ4v) is 4.08. The van der Waals surface area contributed by atoms with Crippen LogP contribution in [0.3, 0.4) is 0 Å². The molecule has 1 atom stereocenters. The minimum atomic E-state index is 0.246. The van der Waals surface area contributed by atoms with E-state index in [2.05, 4.69) is 28.0 Å². The minimum absolute atomic E-state index is 0.246. The Kier molecular flexibility index (Phi) is 7.11. The van der Waals surface area contributed by atoms with Crippen LogP contribution in [0, 0.1) is 0 Å². The Bertz CT molecular complexity index is 519. The maximum Gasteiger partial charge on any atom is 0.123 e. The molecule has 0 saturated carbocycles. The summed E-state index contributed by atoms with van der Waals surface area (Å²) in [5.41, 5.74) is 1.24. The van der Waals surface area contributed by atoms with Crippen molar-refractivity contribution in [3.63, 3.8) is 0 Å². The largest absolute Gasteiger partial charge is 0.494 e. The molecule has 2 aliphatic rings. The van der Waals surface area contributed by atoms with E-state index in [1.807, 2.05) is 13.0 Å². The summed E-state index contributed by atoms with van der Waals surface area (Å²) in [6.45, 7) is 8.81. The monoisotopic (exact) mass is 348 g/mol. The van der Waals surface area contributed by atoms with Crippen molar-refractivity contribution in [1.82, 2.24) is 9.80 Å². The van der Waals surface area contributed by atoms with Gasteiger partial charge in [0, 0.05) is 63.6 Å². The molecule has 2 aliphatic heterocycles. The summed E-state index contributed by atoms with van der Waals surface area (Å²) in [4.78, 5) is 5.14. The number of piperazine rings is 1. The predicted molar refractivity (Wildman–Crippen MR) is 98.9 cm³/mol. The lowest BCUT2D eigenvalue weighted by molar-refractivity contribution is -0.0118. The fourth-order valence-electron chi connectivity index (χ4n) is 4.08. The van der Waals surface area contributed by atoms with Crippen molar-refractivity contribution in [1.29, 1.82) is 0 Å². The van der Waals surface area contributed by atoms with Crippen molar-refractivity contribution >= 4 is 0 Å². The number of aliphatic hydroxyl groups excluding tert-OH is 1. The van der Waals surface area contributed by atoms with Gasteiger partial charge in [-0.1, -0.05) is 18.2 Å². The van der Waals surface area contributed by atoms with Gasteiger partial charge >= 0.3 is 0 Å². The smallest absolute Gasteiger partial charge is 0.123 e. The standard InChI is InChI=1S/C20H32N2O3/c1-2-25-20-6-4-3-5-17(20)15-21-10-11-22(16-19(21)7-12-23)18-8-13-24-14-9-18/h3-6,18-19,23H,2,7-16H2,1H3/t19-/m0/s1. The number of ether oxygens (including phenoxy) is 2. The Morgan fingerprint density at radius 3 is 2.76 bits per heavy atom. The first kappa shape index (κ1) is 18.6. The maximum absolute atomic E-state index is 9.55. The summed E-state index contributed by atoms with van der Waals surface area (Å²) < 4.78 is 11.3. The average molecular weight is 348 g/mol. The summed E-state index contributed by atoms with van der Waals surface area (Å²) in [6.07, 6.45) is 3.11. The lowest BCUT2D eigenvalue weighted by Gasteiger charge is -2.45. The molecule has 2 fully saturated rings. The van der Waals surface area contributed by atoms with Gasteiger partial charge in [-0.15, -0.1) is 0 Å². The molecule has 0 aliphatic carbocycles. The third-order valence-corrected chi connectivity index (χ3v) is 5.45. The van der Waals surface area contributed by atoms with Gasteiger partial charge in [-0.3, -0.25) is 9.80 Å². The number of rotatable bonds is 7. The van der Waals surface area contributed by atoms with Crippen LogP contribution in [0.15, 0.2) is 24.3 Å². The Morgan fingerprint density at radius 1 is 1.20 bits per heavy atom. The van der Waals surface area contributed by atoms with Gasteiger partial charge in [-0.2, -0.15) is 0 Å². The number of para-hydroxylation sites is 1. The van der Waals surface area contributed by atoms with Crippen molar-refractivity contribution in [3.8, 4) is 5.75 Å². The molecule has 0 spiro atoms. The van der Waals surface area contributed by atoms with Crippen molar-refractivity contribution in [2.45, 2.75) is 44.8 Å². The van der Waals surface area contributed by atoms with E-state index in [-0.39, 0.29) is 6.61 Å². The van der Waals surface area contributed by atoms with Crippen molar-refractivity contribution in [2.75, 3.05) is 46.1 Å². The number of hydrogen-bond acceptors (Lipinski definition) is 5. The molecule has 0 bridgehead atoms. The van der Waals surface area contributed by atoms with E-state index in [1.165, 1.54) is 5.56 Å². The SMILES string of the molecule is CCOc1ccccc1CN1CCN(C2CCOCC2)C[C@@H]1CCO. The average Bonchev–Trinajstić information content (AvgIpc) is 2.66. The van der Waals surface area contributed by atoms with Gasteiger partial charge in [0.1, 0.15) is 5.75 Å². The number of aliphatic hydroxyl groups is 1. The quantitative estimate of drug-likeness (QED) is 0.818. The van der Waals surface area contributed by atoms with Crippen LogP contribution in [0.5, 0.6) is 5.75 Å². The zero-order valence-corrected chi connectivity index (χ0v) is 15.4. The highest BCUT2D eigenvalue weighted by Crippen LogP contribution is 2.25. The first-order valence-corrected chi connectivity index (χ1v) is 9.69. The highest BCUT2D eigenvalue weighted by molar-refractivity contribution is 5.33. The summed E-state index contributed by atoms with van der Waals surface area (Å²) in [5, 5.41) is 9.55. The highest BCUT2D eigenvalue weighted by atomic mass is 16.5. The fraction of sp³-hybridized carbons (Fsp3) is 0.700. The summed E-state index contributed by atoms with van der Waals surface area (Å²) in [5.74, 6) is 0.986. The van der Waals surface area contributed by atoms with E-state index in [0.29, 0.717) is 18.7 Å². The van der Waals surface area contributed by atoms with Gasteiger partial charge < -0.3 is 14.6 Å². The van der Waals surface area contributed by atoms with Gasteiger partial charge in [-0.05, 0) is 32.3 Å². The molecular weight excluding hydrogens is 316 g/mol. The van der Waals surface area contributed by atoms with E-state index in [0.717, 1.165) is 64.4 Å². The van der Waals surface area contributed by atoms with Crippen molar-refractivity contribution in [2.24, 2.45) is 0 Å². The molecule has 140 valence electrons. The number of nitrogens with zero attached hydrogens (tertiary/aromatic N) is 2. The van der Waals surface area contributed by atoms with E-state index >= 15 is 0 Å². The lowest BCUT2D eigenvalue weighted by atomic mass is 10.0. The second kappa shape index (κ2) is 9.53. The van der Waals surface area contributed by atoms with Crippen molar-refractivity contribution < 1.29 is 14.6 Å². The van der Waals surface area contributed by atoms with Gasteiger partial charge in [-0.25, -0.2) is 0 Å². The minimum Gasteiger partial charge on any atom is -0.494 e. The van der Waals surface area contributed by atoms with E-state index in [1.54, 1.807) is 0 Å². The first-order valence-electron chi connectivity index (χ1n) is 9.69. The normalized spacial score (nSPS) is 23.7. The molecule has 2 saturated heterocycles. The molecule has 25 heavy (non-hydrogen) atoms. The van der Waals surface area contributed by atoms with E-state index in [4.69, 9.17) is 9.47 Å². The summed E-state index contributed by atoms with van der Waals surface area (Å²) >= 11 is 0. The topological polar surface area (TPSA) is 45.2 Å².